The van der Waals surface area contributed by atoms with Crippen LogP contribution in [-0.4, -0.2) is 36.2 Å². The molecule has 3 aromatic rings. The van der Waals surface area contributed by atoms with Gasteiger partial charge in [-0.05, 0) is 43.2 Å². The molecule has 0 aliphatic heterocycles. The fraction of sp³-hybridized carbons (Fsp3) is 0.333. The quantitative estimate of drug-likeness (QED) is 0.411. The van der Waals surface area contributed by atoms with Crippen molar-refractivity contribution in [3.8, 4) is 23.8 Å². The highest BCUT2D eigenvalue weighted by Crippen LogP contribution is 2.27. The number of rotatable bonds is 10. The van der Waals surface area contributed by atoms with E-state index in [0.717, 1.165) is 42.5 Å². The van der Waals surface area contributed by atoms with Crippen LogP contribution in [0.4, 0.5) is 0 Å². The number of methoxy groups -OCH3 is 2. The molecule has 6 heteroatoms. The average Bonchev–Trinajstić information content (AvgIpc) is 3.13. The Kier molecular flexibility index (Phi) is 7.34. The second kappa shape index (κ2) is 10.4. The molecule has 1 aromatic heterocycles. The molecule has 0 saturated carbocycles. The van der Waals surface area contributed by atoms with Gasteiger partial charge in [0.25, 0.3) is 5.91 Å². The maximum atomic E-state index is 12.3. The molecule has 0 radical (unpaired) electrons. The van der Waals surface area contributed by atoms with E-state index in [1.807, 2.05) is 24.3 Å². The van der Waals surface area contributed by atoms with E-state index in [9.17, 15) is 4.79 Å². The van der Waals surface area contributed by atoms with Gasteiger partial charge in [0.1, 0.15) is 5.82 Å². The fourth-order valence-electron chi connectivity index (χ4n) is 3.45. The number of aryl methyl sites for hydroxylation is 1. The molecule has 0 saturated heterocycles. The van der Waals surface area contributed by atoms with E-state index in [4.69, 9.17) is 20.9 Å². The lowest BCUT2D eigenvalue weighted by molar-refractivity contribution is 0.0952. The maximum absolute atomic E-state index is 12.3. The number of nitrogens with zero attached hydrogens (tertiary/aromatic N) is 2. The highest BCUT2D eigenvalue weighted by Gasteiger charge is 2.11. The van der Waals surface area contributed by atoms with Gasteiger partial charge in [-0.2, -0.15) is 0 Å². The van der Waals surface area contributed by atoms with Crippen LogP contribution >= 0.6 is 0 Å². The standard InChI is InChI=1S/C24H27N3O3/c1-4-16-27-20-11-8-7-10-19(20)26-23(27)12-6-5-9-15-25-24(28)18-13-14-21(29-2)22(17-18)30-3/h1,7-8,10-11,13-14,17H,5-6,9,12,15-16H2,2-3H3,(H,25,28). The highest BCUT2D eigenvalue weighted by atomic mass is 16.5. The average molecular weight is 405 g/mol. The SMILES string of the molecule is C#CCn1c(CCCCCNC(=O)c2ccc(OC)c(OC)c2)nc2ccccc21. The molecule has 6 nitrogen and oxygen atoms in total. The van der Waals surface area contributed by atoms with Crippen molar-refractivity contribution < 1.29 is 14.3 Å². The summed E-state index contributed by atoms with van der Waals surface area (Å²) in [6.45, 7) is 1.14. The number of ether oxygens (including phenoxy) is 2. The zero-order chi connectivity index (χ0) is 21.3. The van der Waals surface area contributed by atoms with Crippen molar-refractivity contribution >= 4 is 16.9 Å². The van der Waals surface area contributed by atoms with Gasteiger partial charge in [-0.1, -0.05) is 24.5 Å². The number of amides is 1. The summed E-state index contributed by atoms with van der Waals surface area (Å²) in [5.74, 6) is 4.76. The van der Waals surface area contributed by atoms with Crippen LogP contribution in [0.1, 0.15) is 35.4 Å². The number of carbonyl (C=O) groups is 1. The van der Waals surface area contributed by atoms with Gasteiger partial charge in [0, 0.05) is 18.5 Å². The molecule has 0 fully saturated rings. The van der Waals surface area contributed by atoms with Crippen molar-refractivity contribution in [1.82, 2.24) is 14.9 Å². The number of hydrogen-bond acceptors (Lipinski definition) is 4. The zero-order valence-corrected chi connectivity index (χ0v) is 17.5. The van der Waals surface area contributed by atoms with E-state index in [-0.39, 0.29) is 5.91 Å². The minimum absolute atomic E-state index is 0.119. The summed E-state index contributed by atoms with van der Waals surface area (Å²) in [5, 5.41) is 2.96. The molecular weight excluding hydrogens is 378 g/mol. The summed E-state index contributed by atoms with van der Waals surface area (Å²) in [7, 11) is 3.12. The Bertz CT molecular complexity index is 1050. The molecule has 2 aromatic carbocycles. The molecule has 0 aliphatic rings. The first-order valence-electron chi connectivity index (χ1n) is 10.1. The van der Waals surface area contributed by atoms with E-state index in [1.165, 1.54) is 0 Å². The topological polar surface area (TPSA) is 65.4 Å². The first kappa shape index (κ1) is 21.3. The van der Waals surface area contributed by atoms with Crippen molar-refractivity contribution in [3.63, 3.8) is 0 Å². The summed E-state index contributed by atoms with van der Waals surface area (Å²) in [6.07, 6.45) is 9.27. The van der Waals surface area contributed by atoms with Gasteiger partial charge in [-0.15, -0.1) is 6.42 Å². The number of hydrogen-bond donors (Lipinski definition) is 1. The van der Waals surface area contributed by atoms with Crippen LogP contribution < -0.4 is 14.8 Å². The Labute approximate surface area is 177 Å². The highest BCUT2D eigenvalue weighted by molar-refractivity contribution is 5.94. The molecule has 0 aliphatic carbocycles. The number of carbonyl (C=O) groups excluding carboxylic acids is 1. The fourth-order valence-corrected chi connectivity index (χ4v) is 3.45. The van der Waals surface area contributed by atoms with Crippen molar-refractivity contribution in [1.29, 1.82) is 0 Å². The predicted octanol–water partition coefficient (Wildman–Crippen LogP) is 3.83. The van der Waals surface area contributed by atoms with Crippen molar-refractivity contribution in [3.05, 3.63) is 53.9 Å². The largest absolute Gasteiger partial charge is 0.493 e. The van der Waals surface area contributed by atoms with E-state index in [2.05, 4.69) is 15.8 Å². The van der Waals surface area contributed by atoms with Gasteiger partial charge in [0.15, 0.2) is 11.5 Å². The molecule has 0 atom stereocenters. The third kappa shape index (κ3) is 4.93. The molecule has 1 amide bonds. The van der Waals surface area contributed by atoms with Gasteiger partial charge in [0.2, 0.25) is 0 Å². The van der Waals surface area contributed by atoms with Crippen molar-refractivity contribution in [2.75, 3.05) is 20.8 Å². The van der Waals surface area contributed by atoms with Crippen molar-refractivity contribution in [2.45, 2.75) is 32.2 Å². The van der Waals surface area contributed by atoms with Crippen LogP contribution in [0.3, 0.4) is 0 Å². The number of terminal acetylenes is 1. The molecular formula is C24H27N3O3. The number of unbranched alkanes of at least 4 members (excludes halogenated alkanes) is 2. The number of fused-ring (bicyclic) bond motifs is 1. The van der Waals surface area contributed by atoms with Crippen LogP contribution in [-0.2, 0) is 13.0 Å². The van der Waals surface area contributed by atoms with E-state index in [0.29, 0.717) is 30.2 Å². The van der Waals surface area contributed by atoms with Gasteiger partial charge >= 0.3 is 0 Å². The second-order valence-corrected chi connectivity index (χ2v) is 6.94. The lowest BCUT2D eigenvalue weighted by Gasteiger charge is -2.10. The molecule has 0 bridgehead atoms. The Hall–Kier alpha value is -3.46. The van der Waals surface area contributed by atoms with Crippen LogP contribution in [0.15, 0.2) is 42.5 Å². The lowest BCUT2D eigenvalue weighted by Crippen LogP contribution is -2.24. The van der Waals surface area contributed by atoms with Gasteiger partial charge in [-0.25, -0.2) is 4.98 Å². The predicted molar refractivity (Wildman–Crippen MR) is 118 cm³/mol. The minimum Gasteiger partial charge on any atom is -0.493 e. The summed E-state index contributed by atoms with van der Waals surface area (Å²) in [6, 6.07) is 13.2. The smallest absolute Gasteiger partial charge is 0.251 e. The van der Waals surface area contributed by atoms with Gasteiger partial charge < -0.3 is 19.4 Å². The monoisotopic (exact) mass is 405 g/mol. The molecule has 1 N–H and O–H groups in total. The molecule has 3 rings (SSSR count). The number of aromatic nitrogens is 2. The van der Waals surface area contributed by atoms with E-state index in [1.54, 1.807) is 32.4 Å². The molecule has 0 spiro atoms. The first-order chi connectivity index (χ1) is 14.7. The number of benzene rings is 2. The summed E-state index contributed by atoms with van der Waals surface area (Å²) in [4.78, 5) is 17.1. The molecule has 30 heavy (non-hydrogen) atoms. The molecule has 1 heterocycles. The maximum Gasteiger partial charge on any atom is 0.251 e. The number of imidazole rings is 1. The Balaban J connectivity index is 1.46. The third-order valence-corrected chi connectivity index (χ3v) is 4.99. The Morgan fingerprint density at radius 3 is 2.67 bits per heavy atom. The lowest BCUT2D eigenvalue weighted by atomic mass is 10.1. The zero-order valence-electron chi connectivity index (χ0n) is 17.5. The summed E-state index contributed by atoms with van der Waals surface area (Å²) < 4.78 is 12.6. The minimum atomic E-state index is -0.119. The van der Waals surface area contributed by atoms with Crippen LogP contribution in [0.25, 0.3) is 11.0 Å². The summed E-state index contributed by atoms with van der Waals surface area (Å²) >= 11 is 0. The number of nitrogens with one attached hydrogen (secondary N) is 1. The van der Waals surface area contributed by atoms with Crippen LogP contribution in [0.2, 0.25) is 0 Å². The Morgan fingerprint density at radius 1 is 1.10 bits per heavy atom. The normalized spacial score (nSPS) is 10.6. The van der Waals surface area contributed by atoms with Crippen LogP contribution in [0.5, 0.6) is 11.5 Å². The van der Waals surface area contributed by atoms with Gasteiger partial charge in [-0.3, -0.25) is 4.79 Å². The van der Waals surface area contributed by atoms with Crippen molar-refractivity contribution in [2.24, 2.45) is 0 Å². The first-order valence-corrected chi connectivity index (χ1v) is 10.1. The van der Waals surface area contributed by atoms with Crippen LogP contribution in [0, 0.1) is 12.3 Å². The molecule has 0 unspecified atom stereocenters. The van der Waals surface area contributed by atoms with E-state index >= 15 is 0 Å². The number of para-hydroxylation sites is 2. The van der Waals surface area contributed by atoms with E-state index < -0.39 is 0 Å². The second-order valence-electron chi connectivity index (χ2n) is 6.94. The Morgan fingerprint density at radius 2 is 1.90 bits per heavy atom. The molecule has 156 valence electrons. The third-order valence-electron chi connectivity index (χ3n) is 4.99. The van der Waals surface area contributed by atoms with Gasteiger partial charge in [0.05, 0.1) is 31.8 Å². The summed E-state index contributed by atoms with van der Waals surface area (Å²) in [5.41, 5.74) is 2.60.